The molecule has 1 saturated heterocycles. The van der Waals surface area contributed by atoms with E-state index in [1.807, 2.05) is 43.0 Å². The Balaban J connectivity index is 0.00000261. The molecular weight excluding hydrogens is 366 g/mol. The molecule has 2 atom stereocenters. The maximum atomic E-state index is 12.6. The third kappa shape index (κ3) is 6.79. The van der Waals surface area contributed by atoms with Gasteiger partial charge < -0.3 is 20.3 Å². The smallest absolute Gasteiger partial charge is 0.254 e. The molecule has 7 heteroatoms. The van der Waals surface area contributed by atoms with Gasteiger partial charge in [0.25, 0.3) is 5.91 Å². The van der Waals surface area contributed by atoms with E-state index in [2.05, 4.69) is 10.6 Å². The molecule has 2 unspecified atom stereocenters. The molecule has 1 heterocycles. The van der Waals surface area contributed by atoms with Gasteiger partial charge in [0.2, 0.25) is 5.91 Å². The first-order chi connectivity index (χ1) is 12.5. The molecule has 0 aromatic heterocycles. The fourth-order valence-electron chi connectivity index (χ4n) is 3.27. The van der Waals surface area contributed by atoms with Gasteiger partial charge in [0.15, 0.2) is 0 Å². The standard InChI is InChI=1S/C20H29N3O3.ClH/c1-14-12-23(13-15(2)26-14)20(25)18-7-5-17(6-8-18)10-22-19(24)11-21-9-16-3-4-16;/h5-8,14-16,21H,3-4,9-13H2,1-2H3,(H,22,24);1H. The van der Waals surface area contributed by atoms with Gasteiger partial charge in [-0.05, 0) is 56.8 Å². The number of amides is 2. The first-order valence-electron chi connectivity index (χ1n) is 9.52. The average molecular weight is 396 g/mol. The van der Waals surface area contributed by atoms with Gasteiger partial charge in [0.1, 0.15) is 0 Å². The Hall–Kier alpha value is -1.63. The lowest BCUT2D eigenvalue weighted by Crippen LogP contribution is -2.48. The van der Waals surface area contributed by atoms with Crippen LogP contribution in [-0.2, 0) is 16.1 Å². The minimum atomic E-state index is 0. The van der Waals surface area contributed by atoms with E-state index in [9.17, 15) is 9.59 Å². The number of benzene rings is 1. The highest BCUT2D eigenvalue weighted by atomic mass is 35.5. The highest BCUT2D eigenvalue weighted by Gasteiger charge is 2.26. The number of ether oxygens (including phenoxy) is 1. The normalized spacial score (nSPS) is 22.1. The van der Waals surface area contributed by atoms with Crippen molar-refractivity contribution >= 4 is 24.2 Å². The minimum absolute atomic E-state index is 0. The Morgan fingerprint density at radius 3 is 2.33 bits per heavy atom. The molecule has 2 N–H and O–H groups in total. The zero-order valence-corrected chi connectivity index (χ0v) is 16.9. The molecule has 0 spiro atoms. The van der Waals surface area contributed by atoms with Crippen LogP contribution in [0.5, 0.6) is 0 Å². The molecule has 2 aliphatic rings. The molecule has 6 nitrogen and oxygen atoms in total. The maximum absolute atomic E-state index is 12.6. The summed E-state index contributed by atoms with van der Waals surface area (Å²) in [6.45, 7) is 6.99. The van der Waals surface area contributed by atoms with Crippen LogP contribution in [0.3, 0.4) is 0 Å². The first-order valence-corrected chi connectivity index (χ1v) is 9.52. The summed E-state index contributed by atoms with van der Waals surface area (Å²) in [6.07, 6.45) is 2.68. The number of hydrogen-bond acceptors (Lipinski definition) is 4. The minimum Gasteiger partial charge on any atom is -0.372 e. The Morgan fingerprint density at radius 1 is 1.11 bits per heavy atom. The summed E-state index contributed by atoms with van der Waals surface area (Å²) in [6, 6.07) is 7.47. The Kier molecular flexibility index (Phi) is 8.07. The van der Waals surface area contributed by atoms with Crippen LogP contribution in [-0.4, -0.2) is 55.1 Å². The van der Waals surface area contributed by atoms with E-state index in [1.165, 1.54) is 12.8 Å². The van der Waals surface area contributed by atoms with Crippen molar-refractivity contribution in [2.45, 2.75) is 45.4 Å². The Bertz CT molecular complexity index is 624. The molecule has 1 aromatic carbocycles. The molecule has 150 valence electrons. The number of carbonyl (C=O) groups is 2. The summed E-state index contributed by atoms with van der Waals surface area (Å²) in [5.74, 6) is 0.805. The van der Waals surface area contributed by atoms with Gasteiger partial charge in [-0.25, -0.2) is 0 Å². The number of carbonyl (C=O) groups excluding carboxylic acids is 2. The second-order valence-electron chi connectivity index (χ2n) is 7.52. The van der Waals surface area contributed by atoms with Crippen molar-refractivity contribution in [3.63, 3.8) is 0 Å². The summed E-state index contributed by atoms with van der Waals surface area (Å²) < 4.78 is 5.68. The van der Waals surface area contributed by atoms with Crippen LogP contribution in [0.2, 0.25) is 0 Å². The van der Waals surface area contributed by atoms with Crippen LogP contribution in [0.1, 0.15) is 42.6 Å². The molecule has 1 saturated carbocycles. The van der Waals surface area contributed by atoms with E-state index < -0.39 is 0 Å². The van der Waals surface area contributed by atoms with Gasteiger partial charge in [0.05, 0.1) is 18.8 Å². The lowest BCUT2D eigenvalue weighted by atomic mass is 10.1. The molecule has 1 aliphatic heterocycles. The van der Waals surface area contributed by atoms with E-state index >= 15 is 0 Å². The van der Waals surface area contributed by atoms with Gasteiger partial charge in [-0.2, -0.15) is 0 Å². The molecule has 27 heavy (non-hydrogen) atoms. The van der Waals surface area contributed by atoms with Crippen molar-refractivity contribution in [2.24, 2.45) is 5.92 Å². The predicted molar refractivity (Wildman–Crippen MR) is 107 cm³/mol. The summed E-state index contributed by atoms with van der Waals surface area (Å²) in [5, 5.41) is 6.08. The molecule has 1 aromatic rings. The zero-order valence-electron chi connectivity index (χ0n) is 16.1. The first kappa shape index (κ1) is 21.7. The van der Waals surface area contributed by atoms with Crippen LogP contribution in [0, 0.1) is 5.92 Å². The number of nitrogens with zero attached hydrogens (tertiary/aromatic N) is 1. The van der Waals surface area contributed by atoms with Crippen LogP contribution >= 0.6 is 12.4 Å². The van der Waals surface area contributed by atoms with E-state index in [4.69, 9.17) is 4.74 Å². The molecule has 0 bridgehead atoms. The Morgan fingerprint density at radius 2 is 1.74 bits per heavy atom. The second kappa shape index (κ2) is 10.1. The van der Waals surface area contributed by atoms with Crippen LogP contribution in [0.4, 0.5) is 0 Å². The number of hydrogen-bond donors (Lipinski definition) is 2. The highest BCUT2D eigenvalue weighted by molar-refractivity contribution is 5.94. The topological polar surface area (TPSA) is 70.7 Å². The average Bonchev–Trinajstić information content (AvgIpc) is 3.43. The zero-order chi connectivity index (χ0) is 18.5. The van der Waals surface area contributed by atoms with Gasteiger partial charge >= 0.3 is 0 Å². The third-order valence-electron chi connectivity index (χ3n) is 4.81. The quantitative estimate of drug-likeness (QED) is 0.740. The lowest BCUT2D eigenvalue weighted by molar-refractivity contribution is -0.120. The second-order valence-corrected chi connectivity index (χ2v) is 7.52. The number of nitrogens with one attached hydrogen (secondary N) is 2. The van der Waals surface area contributed by atoms with Gasteiger partial charge in [0, 0.05) is 25.2 Å². The summed E-state index contributed by atoms with van der Waals surface area (Å²) in [7, 11) is 0. The number of rotatable bonds is 7. The highest BCUT2D eigenvalue weighted by Crippen LogP contribution is 2.27. The van der Waals surface area contributed by atoms with Gasteiger partial charge in [-0.1, -0.05) is 12.1 Å². The van der Waals surface area contributed by atoms with Gasteiger partial charge in [-0.15, -0.1) is 12.4 Å². The summed E-state index contributed by atoms with van der Waals surface area (Å²) >= 11 is 0. The fourth-order valence-corrected chi connectivity index (χ4v) is 3.27. The van der Waals surface area contributed by atoms with E-state index in [0.29, 0.717) is 31.7 Å². The third-order valence-corrected chi connectivity index (χ3v) is 4.81. The van der Waals surface area contributed by atoms with Crippen molar-refractivity contribution in [1.82, 2.24) is 15.5 Å². The SMILES string of the molecule is CC1CN(C(=O)c2ccc(CNC(=O)CNCC3CC3)cc2)CC(C)O1.Cl. The van der Waals surface area contributed by atoms with Crippen LogP contribution in [0.25, 0.3) is 0 Å². The maximum Gasteiger partial charge on any atom is 0.254 e. The lowest BCUT2D eigenvalue weighted by Gasteiger charge is -2.35. The van der Waals surface area contributed by atoms with E-state index in [-0.39, 0.29) is 36.4 Å². The Labute approximate surface area is 167 Å². The van der Waals surface area contributed by atoms with Crippen molar-refractivity contribution in [3.05, 3.63) is 35.4 Å². The fraction of sp³-hybridized carbons (Fsp3) is 0.600. The largest absolute Gasteiger partial charge is 0.372 e. The molecule has 2 fully saturated rings. The van der Waals surface area contributed by atoms with Crippen LogP contribution < -0.4 is 10.6 Å². The molecule has 2 amide bonds. The van der Waals surface area contributed by atoms with Crippen molar-refractivity contribution < 1.29 is 14.3 Å². The van der Waals surface area contributed by atoms with Crippen molar-refractivity contribution in [3.8, 4) is 0 Å². The van der Waals surface area contributed by atoms with Crippen molar-refractivity contribution in [2.75, 3.05) is 26.2 Å². The summed E-state index contributed by atoms with van der Waals surface area (Å²) in [4.78, 5) is 26.3. The summed E-state index contributed by atoms with van der Waals surface area (Å²) in [5.41, 5.74) is 1.66. The molecule has 0 radical (unpaired) electrons. The molecule has 3 rings (SSSR count). The van der Waals surface area contributed by atoms with Gasteiger partial charge in [-0.3, -0.25) is 9.59 Å². The van der Waals surface area contributed by atoms with E-state index in [0.717, 1.165) is 18.0 Å². The molecule has 1 aliphatic carbocycles. The van der Waals surface area contributed by atoms with Crippen molar-refractivity contribution in [1.29, 1.82) is 0 Å². The predicted octanol–water partition coefficient (Wildman–Crippen LogP) is 1.97. The number of morpholine rings is 1. The van der Waals surface area contributed by atoms with E-state index in [1.54, 1.807) is 0 Å². The number of halogens is 1. The van der Waals surface area contributed by atoms with Crippen LogP contribution in [0.15, 0.2) is 24.3 Å². The monoisotopic (exact) mass is 395 g/mol. The molecular formula is C20H30ClN3O3.